The van der Waals surface area contributed by atoms with Crippen molar-refractivity contribution in [1.82, 2.24) is 5.32 Å². The van der Waals surface area contributed by atoms with Crippen molar-refractivity contribution >= 4 is 27.3 Å². The molecule has 0 atom stereocenters. The number of nitro benzene ring substituents is 1. The molecule has 1 N–H and O–H groups in total. The molecule has 2 aromatic carbocycles. The number of nitrogens with one attached hydrogen (secondary N) is 1. The Morgan fingerprint density at radius 2 is 1.83 bits per heavy atom. The summed E-state index contributed by atoms with van der Waals surface area (Å²) in [5, 5.41) is 13.7. The van der Waals surface area contributed by atoms with Gasteiger partial charge in [0.1, 0.15) is 12.3 Å². The molecule has 1 amide bonds. The molecule has 1 heterocycles. The van der Waals surface area contributed by atoms with E-state index in [1.165, 1.54) is 36.6 Å². The van der Waals surface area contributed by atoms with Crippen LogP contribution in [0.5, 0.6) is 0 Å². The number of nitrogens with zero attached hydrogens (tertiary/aromatic N) is 2. The van der Waals surface area contributed by atoms with Crippen molar-refractivity contribution in [3.05, 3.63) is 88.9 Å². The number of non-ortho nitro benzene ring substituents is 1. The van der Waals surface area contributed by atoms with E-state index in [-0.39, 0.29) is 22.8 Å². The highest BCUT2D eigenvalue weighted by molar-refractivity contribution is 7.92. The van der Waals surface area contributed by atoms with Crippen molar-refractivity contribution in [2.45, 2.75) is 11.4 Å². The van der Waals surface area contributed by atoms with Crippen molar-refractivity contribution < 1.29 is 22.6 Å². The molecule has 0 aliphatic carbocycles. The molecular formula is C19H17N3O6S. The van der Waals surface area contributed by atoms with Gasteiger partial charge < -0.3 is 9.73 Å². The molecule has 10 heteroatoms. The number of nitro groups is 1. The van der Waals surface area contributed by atoms with Gasteiger partial charge in [0, 0.05) is 12.1 Å². The van der Waals surface area contributed by atoms with Gasteiger partial charge in [0.05, 0.1) is 28.3 Å². The molecule has 9 nitrogen and oxygen atoms in total. The van der Waals surface area contributed by atoms with Gasteiger partial charge in [-0.15, -0.1) is 0 Å². The first kappa shape index (κ1) is 20.1. The van der Waals surface area contributed by atoms with Gasteiger partial charge in [0.15, 0.2) is 0 Å². The molecule has 0 spiro atoms. The van der Waals surface area contributed by atoms with Crippen LogP contribution in [0.1, 0.15) is 5.76 Å². The Morgan fingerprint density at radius 3 is 2.48 bits per heavy atom. The Morgan fingerprint density at radius 1 is 1.07 bits per heavy atom. The summed E-state index contributed by atoms with van der Waals surface area (Å²) < 4.78 is 32.3. The number of carbonyl (C=O) groups is 1. The normalized spacial score (nSPS) is 11.0. The van der Waals surface area contributed by atoms with E-state index < -0.39 is 27.4 Å². The number of sulfonamides is 1. The van der Waals surface area contributed by atoms with Crippen LogP contribution in [-0.2, 0) is 21.4 Å². The molecule has 0 radical (unpaired) electrons. The zero-order valence-electron chi connectivity index (χ0n) is 15.1. The van der Waals surface area contributed by atoms with Gasteiger partial charge in [-0.25, -0.2) is 8.42 Å². The Hall–Kier alpha value is -3.66. The fourth-order valence-electron chi connectivity index (χ4n) is 2.58. The SMILES string of the molecule is O=C(CN(c1cccc([N+](=O)[O-])c1)S(=O)(=O)c1ccccc1)NCc1ccco1. The van der Waals surface area contributed by atoms with Gasteiger partial charge in [-0.05, 0) is 30.3 Å². The van der Waals surface area contributed by atoms with E-state index in [0.717, 1.165) is 10.4 Å². The van der Waals surface area contributed by atoms with E-state index in [2.05, 4.69) is 5.32 Å². The van der Waals surface area contributed by atoms with E-state index in [1.807, 2.05) is 0 Å². The predicted octanol–water partition coefficient (Wildman–Crippen LogP) is 2.70. The maximum Gasteiger partial charge on any atom is 0.271 e. The van der Waals surface area contributed by atoms with Crippen molar-refractivity contribution in [2.75, 3.05) is 10.8 Å². The number of rotatable bonds is 8. The molecule has 3 aromatic rings. The van der Waals surface area contributed by atoms with Gasteiger partial charge in [-0.3, -0.25) is 19.2 Å². The predicted molar refractivity (Wildman–Crippen MR) is 105 cm³/mol. The number of furan rings is 1. The van der Waals surface area contributed by atoms with Crippen LogP contribution in [0.15, 0.2) is 82.3 Å². The lowest BCUT2D eigenvalue weighted by Gasteiger charge is -2.24. The summed E-state index contributed by atoms with van der Waals surface area (Å²) in [6, 6.07) is 16.0. The Balaban J connectivity index is 1.92. The third-order valence-electron chi connectivity index (χ3n) is 3.99. The van der Waals surface area contributed by atoms with Crippen LogP contribution in [0.2, 0.25) is 0 Å². The molecule has 0 aliphatic rings. The van der Waals surface area contributed by atoms with Gasteiger partial charge in [-0.1, -0.05) is 24.3 Å². The summed E-state index contributed by atoms with van der Waals surface area (Å²) in [5.41, 5.74) is -0.275. The molecule has 0 aliphatic heterocycles. The van der Waals surface area contributed by atoms with E-state index in [4.69, 9.17) is 4.42 Å². The van der Waals surface area contributed by atoms with E-state index in [1.54, 1.807) is 30.3 Å². The zero-order valence-corrected chi connectivity index (χ0v) is 15.9. The molecule has 0 saturated heterocycles. The van der Waals surface area contributed by atoms with Crippen LogP contribution in [0, 0.1) is 10.1 Å². The van der Waals surface area contributed by atoms with E-state index in [9.17, 15) is 23.3 Å². The smallest absolute Gasteiger partial charge is 0.271 e. The zero-order chi connectivity index (χ0) is 20.9. The van der Waals surface area contributed by atoms with Crippen LogP contribution in [0.25, 0.3) is 0 Å². The van der Waals surface area contributed by atoms with Crippen molar-refractivity contribution in [3.8, 4) is 0 Å². The highest BCUT2D eigenvalue weighted by Crippen LogP contribution is 2.26. The Labute approximate surface area is 166 Å². The lowest BCUT2D eigenvalue weighted by molar-refractivity contribution is -0.384. The lowest BCUT2D eigenvalue weighted by atomic mass is 10.3. The molecule has 0 bridgehead atoms. The first-order valence-electron chi connectivity index (χ1n) is 8.49. The average molecular weight is 415 g/mol. The number of anilines is 1. The van der Waals surface area contributed by atoms with E-state index in [0.29, 0.717) is 5.76 Å². The summed E-state index contributed by atoms with van der Waals surface area (Å²) in [6.07, 6.45) is 1.46. The van der Waals surface area contributed by atoms with Crippen molar-refractivity contribution in [1.29, 1.82) is 0 Å². The largest absolute Gasteiger partial charge is 0.467 e. The second-order valence-electron chi connectivity index (χ2n) is 5.96. The molecule has 3 rings (SSSR count). The van der Waals surface area contributed by atoms with Gasteiger partial charge in [-0.2, -0.15) is 0 Å². The quantitative estimate of drug-likeness (QED) is 0.446. The minimum Gasteiger partial charge on any atom is -0.467 e. The molecule has 0 saturated carbocycles. The van der Waals surface area contributed by atoms with Gasteiger partial charge in [0.25, 0.3) is 15.7 Å². The summed E-state index contributed by atoms with van der Waals surface area (Å²) in [4.78, 5) is 22.9. The number of hydrogen-bond acceptors (Lipinski definition) is 6. The van der Waals surface area contributed by atoms with Gasteiger partial charge >= 0.3 is 0 Å². The summed E-state index contributed by atoms with van der Waals surface area (Å²) in [7, 11) is -4.14. The highest BCUT2D eigenvalue weighted by Gasteiger charge is 2.28. The van der Waals surface area contributed by atoms with Crippen molar-refractivity contribution in [3.63, 3.8) is 0 Å². The maximum absolute atomic E-state index is 13.1. The van der Waals surface area contributed by atoms with Crippen LogP contribution in [-0.4, -0.2) is 25.8 Å². The van der Waals surface area contributed by atoms with Crippen LogP contribution < -0.4 is 9.62 Å². The summed E-state index contributed by atoms with van der Waals surface area (Å²) in [5.74, 6) is -0.0847. The van der Waals surface area contributed by atoms with Crippen molar-refractivity contribution in [2.24, 2.45) is 0 Å². The third-order valence-corrected chi connectivity index (χ3v) is 5.77. The molecule has 0 fully saturated rings. The monoisotopic (exact) mass is 415 g/mol. The minimum absolute atomic E-state index is 0.0104. The molecule has 1 aromatic heterocycles. The standard InChI is InChI=1S/C19H17N3O6S/c23-19(20-13-17-8-5-11-28-17)14-21(15-6-4-7-16(12-15)22(24)25)29(26,27)18-9-2-1-3-10-18/h1-12H,13-14H2,(H,20,23). The number of hydrogen-bond donors (Lipinski definition) is 1. The topological polar surface area (TPSA) is 123 Å². The number of carbonyl (C=O) groups excluding carboxylic acids is 1. The highest BCUT2D eigenvalue weighted by atomic mass is 32.2. The van der Waals surface area contributed by atoms with E-state index >= 15 is 0 Å². The fraction of sp³-hybridized carbons (Fsp3) is 0.105. The summed E-state index contributed by atoms with van der Waals surface area (Å²) >= 11 is 0. The summed E-state index contributed by atoms with van der Waals surface area (Å²) in [6.45, 7) is -0.473. The van der Waals surface area contributed by atoms with Crippen LogP contribution in [0.4, 0.5) is 11.4 Å². The lowest BCUT2D eigenvalue weighted by Crippen LogP contribution is -2.40. The third kappa shape index (κ3) is 4.79. The second-order valence-corrected chi connectivity index (χ2v) is 7.82. The molecule has 150 valence electrons. The first-order chi connectivity index (χ1) is 13.9. The average Bonchev–Trinajstić information content (AvgIpc) is 3.25. The first-order valence-corrected chi connectivity index (χ1v) is 9.93. The molecule has 29 heavy (non-hydrogen) atoms. The molecular weight excluding hydrogens is 398 g/mol. The van der Waals surface area contributed by atoms with Gasteiger partial charge in [0.2, 0.25) is 5.91 Å². The Kier molecular flexibility index (Phi) is 5.93. The van der Waals surface area contributed by atoms with Crippen LogP contribution >= 0.6 is 0 Å². The number of amides is 1. The minimum atomic E-state index is -4.14. The fourth-order valence-corrected chi connectivity index (χ4v) is 4.02. The second kappa shape index (κ2) is 8.57. The Bertz CT molecular complexity index is 1100. The molecule has 0 unspecified atom stereocenters. The van der Waals surface area contributed by atoms with Crippen LogP contribution in [0.3, 0.4) is 0 Å². The maximum atomic E-state index is 13.1. The number of benzene rings is 2.